The Kier molecular flexibility index (Phi) is 7.91. The highest BCUT2D eigenvalue weighted by molar-refractivity contribution is 5.91. The molecule has 9 nitrogen and oxygen atoms in total. The molecule has 5 rings (SSSR count). The number of ether oxygens (including phenoxy) is 2. The maximum absolute atomic E-state index is 14.9. The number of carboxylic acids is 1. The van der Waals surface area contributed by atoms with Gasteiger partial charge in [0.2, 0.25) is 0 Å². The lowest BCUT2D eigenvalue weighted by atomic mass is 10.0. The minimum atomic E-state index is -1.29. The van der Waals surface area contributed by atoms with Crippen LogP contribution in [0, 0.1) is 18.6 Å². The van der Waals surface area contributed by atoms with Gasteiger partial charge in [0, 0.05) is 0 Å². The Hall–Kier alpha value is -5.58. The summed E-state index contributed by atoms with van der Waals surface area (Å²) in [5, 5.41) is 20.1. The number of anilines is 1. The van der Waals surface area contributed by atoms with Crippen molar-refractivity contribution < 1.29 is 33.0 Å². The summed E-state index contributed by atoms with van der Waals surface area (Å²) in [5.74, 6) is -3.90. The van der Waals surface area contributed by atoms with Gasteiger partial charge < -0.3 is 14.6 Å². The van der Waals surface area contributed by atoms with E-state index >= 15 is 0 Å². The van der Waals surface area contributed by atoms with E-state index in [1.165, 1.54) is 28.9 Å². The fourth-order valence-corrected chi connectivity index (χ4v) is 4.22. The van der Waals surface area contributed by atoms with E-state index in [0.717, 1.165) is 17.7 Å². The van der Waals surface area contributed by atoms with Crippen LogP contribution in [0.2, 0.25) is 0 Å². The molecule has 0 radical (unpaired) electrons. The molecule has 1 unspecified atom stereocenters. The third-order valence-corrected chi connectivity index (χ3v) is 6.38. The molecule has 0 saturated carbocycles. The number of nitrogens with zero attached hydrogens (tertiary/aromatic N) is 3. The summed E-state index contributed by atoms with van der Waals surface area (Å²) in [6.45, 7) is 3.44. The number of amides is 1. The molecule has 1 amide bonds. The highest BCUT2D eigenvalue weighted by Gasteiger charge is 2.20. The van der Waals surface area contributed by atoms with Gasteiger partial charge in [-0.25, -0.2) is 18.4 Å². The van der Waals surface area contributed by atoms with E-state index in [1.807, 2.05) is 30.3 Å². The normalized spacial score (nSPS) is 11.5. The summed E-state index contributed by atoms with van der Waals surface area (Å²) in [7, 11) is 0. The molecule has 0 bridgehead atoms. The molecule has 0 saturated heterocycles. The van der Waals surface area contributed by atoms with Crippen LogP contribution in [0.4, 0.5) is 19.4 Å². The zero-order chi connectivity index (χ0) is 29.8. The molecule has 42 heavy (non-hydrogen) atoms. The molecule has 0 aliphatic heterocycles. The highest BCUT2D eigenvalue weighted by Crippen LogP contribution is 2.34. The smallest absolute Gasteiger partial charge is 0.413 e. The first kappa shape index (κ1) is 28.0. The van der Waals surface area contributed by atoms with Crippen molar-refractivity contribution in [2.75, 3.05) is 5.32 Å². The third-order valence-electron chi connectivity index (χ3n) is 6.38. The van der Waals surface area contributed by atoms with Gasteiger partial charge >= 0.3 is 12.1 Å². The van der Waals surface area contributed by atoms with Crippen LogP contribution in [0.25, 0.3) is 16.8 Å². The Morgan fingerprint density at radius 3 is 2.21 bits per heavy atom. The van der Waals surface area contributed by atoms with Crippen LogP contribution < -0.4 is 10.1 Å². The second-order valence-electron chi connectivity index (χ2n) is 9.24. The summed E-state index contributed by atoms with van der Waals surface area (Å²) < 4.78 is 42.1. The van der Waals surface area contributed by atoms with Crippen LogP contribution >= 0.6 is 0 Å². The van der Waals surface area contributed by atoms with E-state index in [-0.39, 0.29) is 16.9 Å². The van der Waals surface area contributed by atoms with E-state index in [1.54, 1.807) is 38.1 Å². The lowest BCUT2D eigenvalue weighted by Gasteiger charge is -2.15. The number of carboxylic acid groups (broad SMARTS) is 1. The molecular weight excluding hydrogens is 546 g/mol. The standard InChI is InChI=1S/C31H24F2N4O5/c1-18-29(34-31(40)41-19(2)20-8-4-3-5-9-20)37(36-35-18)23-14-12-21(13-15-23)22-16-25(32)28(26(33)17-22)42-27-11-7-6-10-24(27)30(38)39/h3-17,19H,1-2H3,(H,34,40)(H,38,39). The van der Waals surface area contributed by atoms with Gasteiger partial charge in [-0.3, -0.25) is 5.32 Å². The number of hydrogen-bond donors (Lipinski definition) is 2. The van der Waals surface area contributed by atoms with Crippen molar-refractivity contribution in [3.05, 3.63) is 119 Å². The van der Waals surface area contributed by atoms with Gasteiger partial charge in [-0.1, -0.05) is 59.8 Å². The summed E-state index contributed by atoms with van der Waals surface area (Å²) >= 11 is 0. The molecule has 1 heterocycles. The minimum absolute atomic E-state index is 0.189. The van der Waals surface area contributed by atoms with Gasteiger partial charge in [-0.15, -0.1) is 5.10 Å². The molecule has 4 aromatic carbocycles. The van der Waals surface area contributed by atoms with Gasteiger partial charge in [0.25, 0.3) is 0 Å². The van der Waals surface area contributed by atoms with Gasteiger partial charge in [0.1, 0.15) is 23.1 Å². The number of aromatic nitrogens is 3. The maximum Gasteiger partial charge on any atom is 0.413 e. The number of aryl methyl sites for hydroxylation is 1. The van der Waals surface area contributed by atoms with Crippen LogP contribution in [0.1, 0.15) is 34.6 Å². The van der Waals surface area contributed by atoms with Crippen LogP contribution in [-0.4, -0.2) is 32.2 Å². The molecule has 0 fully saturated rings. The number of aromatic carboxylic acids is 1. The molecule has 0 aliphatic carbocycles. The lowest BCUT2D eigenvalue weighted by Crippen LogP contribution is -2.18. The van der Waals surface area contributed by atoms with E-state index in [0.29, 0.717) is 22.8 Å². The van der Waals surface area contributed by atoms with Gasteiger partial charge in [-0.05, 0) is 66.9 Å². The molecule has 212 valence electrons. The van der Waals surface area contributed by atoms with Crippen LogP contribution in [0.15, 0.2) is 91.0 Å². The summed E-state index contributed by atoms with van der Waals surface area (Å²) in [6, 6.07) is 23.6. The van der Waals surface area contributed by atoms with Crippen molar-refractivity contribution in [3.63, 3.8) is 0 Å². The molecule has 11 heteroatoms. The average molecular weight is 571 g/mol. The SMILES string of the molecule is Cc1nnn(-c2ccc(-c3cc(F)c(Oc4ccccc4C(=O)O)c(F)c3)cc2)c1NC(=O)OC(C)c1ccccc1. The van der Waals surface area contributed by atoms with Crippen molar-refractivity contribution in [2.45, 2.75) is 20.0 Å². The van der Waals surface area contributed by atoms with Crippen molar-refractivity contribution in [2.24, 2.45) is 0 Å². The predicted octanol–water partition coefficient (Wildman–Crippen LogP) is 7.32. The van der Waals surface area contributed by atoms with Crippen LogP contribution in [0.5, 0.6) is 11.5 Å². The Morgan fingerprint density at radius 1 is 0.905 bits per heavy atom. The number of hydrogen-bond acceptors (Lipinski definition) is 6. The van der Waals surface area contributed by atoms with E-state index in [9.17, 15) is 23.5 Å². The number of benzene rings is 4. The molecular formula is C31H24F2N4O5. The summed E-state index contributed by atoms with van der Waals surface area (Å²) in [4.78, 5) is 24.0. The number of rotatable bonds is 8. The van der Waals surface area contributed by atoms with Gasteiger partial charge in [0.15, 0.2) is 23.2 Å². The largest absolute Gasteiger partial charge is 0.478 e. The number of nitrogens with one attached hydrogen (secondary N) is 1. The Labute approximate surface area is 239 Å². The summed E-state index contributed by atoms with van der Waals surface area (Å²) in [5.41, 5.74) is 2.29. The predicted molar refractivity (Wildman–Crippen MR) is 150 cm³/mol. The zero-order valence-electron chi connectivity index (χ0n) is 22.4. The fourth-order valence-electron chi connectivity index (χ4n) is 4.22. The van der Waals surface area contributed by atoms with Crippen molar-refractivity contribution in [1.29, 1.82) is 0 Å². The third kappa shape index (κ3) is 5.94. The average Bonchev–Trinajstić information content (AvgIpc) is 3.34. The van der Waals surface area contributed by atoms with Gasteiger partial charge in [-0.2, -0.15) is 4.68 Å². The second-order valence-corrected chi connectivity index (χ2v) is 9.24. The minimum Gasteiger partial charge on any atom is -0.478 e. The summed E-state index contributed by atoms with van der Waals surface area (Å²) in [6.07, 6.45) is -1.17. The second kappa shape index (κ2) is 11.9. The molecule has 1 aromatic heterocycles. The van der Waals surface area contributed by atoms with Crippen LogP contribution in [-0.2, 0) is 4.74 Å². The zero-order valence-corrected chi connectivity index (χ0v) is 22.4. The molecule has 5 aromatic rings. The first-order valence-electron chi connectivity index (χ1n) is 12.8. The number of carbonyl (C=O) groups excluding carboxylic acids is 1. The Balaban J connectivity index is 1.34. The Bertz CT molecular complexity index is 1730. The first-order chi connectivity index (χ1) is 20.2. The topological polar surface area (TPSA) is 116 Å². The van der Waals surface area contributed by atoms with Crippen molar-refractivity contribution >= 4 is 17.9 Å². The molecule has 0 spiro atoms. The highest BCUT2D eigenvalue weighted by atomic mass is 19.1. The Morgan fingerprint density at radius 2 is 1.55 bits per heavy atom. The van der Waals surface area contributed by atoms with E-state index in [2.05, 4.69) is 15.6 Å². The fraction of sp³-hybridized carbons (Fsp3) is 0.0968. The van der Waals surface area contributed by atoms with Crippen LogP contribution in [0.3, 0.4) is 0 Å². The first-order valence-corrected chi connectivity index (χ1v) is 12.8. The molecule has 0 aliphatic rings. The van der Waals surface area contributed by atoms with Gasteiger partial charge in [0.05, 0.1) is 5.69 Å². The monoisotopic (exact) mass is 570 g/mol. The maximum atomic E-state index is 14.9. The van der Waals surface area contributed by atoms with E-state index in [4.69, 9.17) is 9.47 Å². The molecule has 1 atom stereocenters. The van der Waals surface area contributed by atoms with Crippen molar-refractivity contribution in [1.82, 2.24) is 15.0 Å². The van der Waals surface area contributed by atoms with Crippen molar-refractivity contribution in [3.8, 4) is 28.3 Å². The lowest BCUT2D eigenvalue weighted by molar-refractivity contribution is 0.0693. The van der Waals surface area contributed by atoms with E-state index < -0.39 is 35.6 Å². The molecule has 2 N–H and O–H groups in total. The number of para-hydroxylation sites is 1. The quantitative estimate of drug-likeness (QED) is 0.201. The number of carbonyl (C=O) groups is 2. The number of halogens is 2.